The summed E-state index contributed by atoms with van der Waals surface area (Å²) < 4.78 is 10.7. The van der Waals surface area contributed by atoms with Crippen LogP contribution in [0.5, 0.6) is 5.75 Å². The minimum absolute atomic E-state index is 0.383. The fraction of sp³-hybridized carbons (Fsp3) is 0.636. The number of benzene rings is 1. The number of anilines is 1. The van der Waals surface area contributed by atoms with Crippen molar-refractivity contribution in [3.8, 4) is 5.75 Å². The maximum atomic E-state index is 11.6. The molecule has 1 heterocycles. The van der Waals surface area contributed by atoms with Gasteiger partial charge in [0.05, 0.1) is 12.8 Å². The molecule has 0 aromatic heterocycles. The van der Waals surface area contributed by atoms with E-state index in [1.54, 1.807) is 14.2 Å². The van der Waals surface area contributed by atoms with E-state index in [2.05, 4.69) is 31.9 Å². The Kier molecular flexibility index (Phi) is 9.08. The van der Waals surface area contributed by atoms with Crippen molar-refractivity contribution in [2.45, 2.75) is 39.2 Å². The lowest BCUT2D eigenvalue weighted by Gasteiger charge is -2.21. The van der Waals surface area contributed by atoms with E-state index in [0.717, 1.165) is 49.9 Å². The number of methoxy groups -OCH3 is 1. The standard InChI is InChI=1S/C22H37N5O3/c1-22(2,3)30-21(28)25-13-8-12-24-20(23-4)26-15-17-11-14-27(16-17)18-9-6-7-10-19(18)29-5/h6-7,9-10,17H,8,11-16H2,1-5H3,(H,25,28)(H2,23,24,26). The van der Waals surface area contributed by atoms with E-state index in [1.165, 1.54) is 0 Å². The summed E-state index contributed by atoms with van der Waals surface area (Å²) in [6.45, 7) is 9.70. The molecule has 3 N–H and O–H groups in total. The average molecular weight is 420 g/mol. The number of ether oxygens (including phenoxy) is 2. The third kappa shape index (κ3) is 8.00. The zero-order valence-corrected chi connectivity index (χ0v) is 19.0. The van der Waals surface area contributed by atoms with Gasteiger partial charge in [-0.15, -0.1) is 0 Å². The number of carbonyl (C=O) groups excluding carboxylic acids is 1. The van der Waals surface area contributed by atoms with E-state index in [1.807, 2.05) is 39.0 Å². The Balaban J connectivity index is 1.65. The number of hydrogen-bond donors (Lipinski definition) is 3. The average Bonchev–Trinajstić information content (AvgIpc) is 3.17. The molecule has 1 aliphatic rings. The first-order valence-corrected chi connectivity index (χ1v) is 10.6. The van der Waals surface area contributed by atoms with Gasteiger partial charge in [0.2, 0.25) is 0 Å². The fourth-order valence-corrected chi connectivity index (χ4v) is 3.37. The number of aliphatic imine (C=N–C) groups is 1. The molecule has 1 unspecified atom stereocenters. The number of para-hydroxylation sites is 2. The first kappa shape index (κ1) is 23.6. The van der Waals surface area contributed by atoms with Crippen LogP contribution in [0.1, 0.15) is 33.6 Å². The molecule has 8 nitrogen and oxygen atoms in total. The maximum Gasteiger partial charge on any atom is 0.407 e. The molecule has 0 bridgehead atoms. The lowest BCUT2D eigenvalue weighted by Crippen LogP contribution is -2.41. The number of hydrogen-bond acceptors (Lipinski definition) is 5. The second kappa shape index (κ2) is 11.5. The van der Waals surface area contributed by atoms with Gasteiger partial charge in [-0.1, -0.05) is 12.1 Å². The van der Waals surface area contributed by atoms with Crippen molar-refractivity contribution in [1.82, 2.24) is 16.0 Å². The molecule has 1 fully saturated rings. The number of nitrogens with one attached hydrogen (secondary N) is 3. The van der Waals surface area contributed by atoms with Crippen LogP contribution in [0.4, 0.5) is 10.5 Å². The Hall–Kier alpha value is -2.64. The lowest BCUT2D eigenvalue weighted by atomic mass is 10.1. The van der Waals surface area contributed by atoms with Crippen LogP contribution in [0.15, 0.2) is 29.3 Å². The molecule has 1 atom stereocenters. The van der Waals surface area contributed by atoms with Crippen LogP contribution >= 0.6 is 0 Å². The van der Waals surface area contributed by atoms with Gasteiger partial charge in [-0.05, 0) is 51.7 Å². The summed E-state index contributed by atoms with van der Waals surface area (Å²) in [5.41, 5.74) is 0.679. The van der Waals surface area contributed by atoms with Crippen LogP contribution in [0, 0.1) is 5.92 Å². The van der Waals surface area contributed by atoms with Crippen molar-refractivity contribution >= 4 is 17.7 Å². The predicted octanol–water partition coefficient (Wildman–Crippen LogP) is 2.60. The van der Waals surface area contributed by atoms with Crippen molar-refractivity contribution in [3.05, 3.63) is 24.3 Å². The molecule has 0 spiro atoms. The molecule has 1 saturated heterocycles. The van der Waals surface area contributed by atoms with Gasteiger partial charge in [0.15, 0.2) is 5.96 Å². The first-order valence-electron chi connectivity index (χ1n) is 10.6. The Morgan fingerprint density at radius 3 is 2.63 bits per heavy atom. The Bertz CT molecular complexity index is 702. The second-order valence-electron chi connectivity index (χ2n) is 8.43. The summed E-state index contributed by atoms with van der Waals surface area (Å²) in [6, 6.07) is 8.16. The number of rotatable bonds is 8. The molecule has 168 valence electrons. The topological polar surface area (TPSA) is 87.2 Å². The van der Waals surface area contributed by atoms with Crippen LogP contribution in [-0.4, -0.2) is 64.5 Å². The Morgan fingerprint density at radius 1 is 1.20 bits per heavy atom. The van der Waals surface area contributed by atoms with Gasteiger partial charge in [0.25, 0.3) is 0 Å². The van der Waals surface area contributed by atoms with E-state index < -0.39 is 5.60 Å². The van der Waals surface area contributed by atoms with Gasteiger partial charge in [0, 0.05) is 39.8 Å². The van der Waals surface area contributed by atoms with E-state index in [-0.39, 0.29) is 6.09 Å². The number of nitrogens with zero attached hydrogens (tertiary/aromatic N) is 2. The number of carbonyl (C=O) groups is 1. The molecule has 0 saturated carbocycles. The summed E-state index contributed by atoms with van der Waals surface area (Å²) in [5, 5.41) is 9.46. The Morgan fingerprint density at radius 2 is 1.93 bits per heavy atom. The van der Waals surface area contributed by atoms with Gasteiger partial charge in [-0.25, -0.2) is 4.79 Å². The number of amides is 1. The summed E-state index contributed by atoms with van der Waals surface area (Å²) in [5.74, 6) is 2.24. The van der Waals surface area contributed by atoms with Gasteiger partial charge in [-0.2, -0.15) is 0 Å². The zero-order valence-electron chi connectivity index (χ0n) is 19.0. The number of alkyl carbamates (subject to hydrolysis) is 1. The SMILES string of the molecule is CN=C(NCCCNC(=O)OC(C)(C)C)NCC1CCN(c2ccccc2OC)C1. The molecule has 8 heteroatoms. The fourth-order valence-electron chi connectivity index (χ4n) is 3.37. The molecular weight excluding hydrogens is 382 g/mol. The van der Waals surface area contributed by atoms with Crippen LogP contribution in [-0.2, 0) is 4.74 Å². The molecule has 1 amide bonds. The summed E-state index contributed by atoms with van der Waals surface area (Å²) >= 11 is 0. The monoisotopic (exact) mass is 419 g/mol. The Labute approximate surface area is 180 Å². The first-order chi connectivity index (χ1) is 14.3. The van der Waals surface area contributed by atoms with Gasteiger partial charge < -0.3 is 30.3 Å². The quantitative estimate of drug-likeness (QED) is 0.341. The van der Waals surface area contributed by atoms with Crippen LogP contribution in [0.2, 0.25) is 0 Å². The minimum atomic E-state index is -0.476. The lowest BCUT2D eigenvalue weighted by molar-refractivity contribution is 0.0527. The molecule has 1 aromatic carbocycles. The van der Waals surface area contributed by atoms with Crippen molar-refractivity contribution in [2.24, 2.45) is 10.9 Å². The van der Waals surface area contributed by atoms with Crippen molar-refractivity contribution < 1.29 is 14.3 Å². The van der Waals surface area contributed by atoms with E-state index >= 15 is 0 Å². The summed E-state index contributed by atoms with van der Waals surface area (Å²) in [4.78, 5) is 18.3. The third-order valence-corrected chi connectivity index (χ3v) is 4.81. The largest absolute Gasteiger partial charge is 0.495 e. The van der Waals surface area contributed by atoms with Gasteiger partial charge in [-0.3, -0.25) is 4.99 Å². The van der Waals surface area contributed by atoms with Crippen molar-refractivity contribution in [2.75, 3.05) is 51.8 Å². The van der Waals surface area contributed by atoms with E-state index in [9.17, 15) is 4.79 Å². The highest BCUT2D eigenvalue weighted by Gasteiger charge is 2.24. The van der Waals surface area contributed by atoms with E-state index in [4.69, 9.17) is 9.47 Å². The molecule has 1 aromatic rings. The van der Waals surface area contributed by atoms with Crippen LogP contribution in [0.25, 0.3) is 0 Å². The molecular formula is C22H37N5O3. The van der Waals surface area contributed by atoms with Crippen LogP contribution < -0.4 is 25.6 Å². The highest BCUT2D eigenvalue weighted by molar-refractivity contribution is 5.79. The summed E-state index contributed by atoms with van der Waals surface area (Å²) in [6.07, 6.45) is 1.53. The zero-order chi connectivity index (χ0) is 22.0. The summed E-state index contributed by atoms with van der Waals surface area (Å²) in [7, 11) is 3.48. The molecule has 0 aliphatic carbocycles. The van der Waals surface area contributed by atoms with E-state index in [0.29, 0.717) is 19.0 Å². The molecule has 2 rings (SSSR count). The highest BCUT2D eigenvalue weighted by atomic mass is 16.6. The third-order valence-electron chi connectivity index (χ3n) is 4.81. The number of guanidine groups is 1. The smallest absolute Gasteiger partial charge is 0.407 e. The minimum Gasteiger partial charge on any atom is -0.495 e. The van der Waals surface area contributed by atoms with Crippen LogP contribution in [0.3, 0.4) is 0 Å². The van der Waals surface area contributed by atoms with Gasteiger partial charge >= 0.3 is 6.09 Å². The molecule has 0 radical (unpaired) electrons. The normalized spacial score (nSPS) is 16.9. The van der Waals surface area contributed by atoms with Crippen molar-refractivity contribution in [3.63, 3.8) is 0 Å². The molecule has 30 heavy (non-hydrogen) atoms. The predicted molar refractivity (Wildman–Crippen MR) is 122 cm³/mol. The maximum absolute atomic E-state index is 11.6. The second-order valence-corrected chi connectivity index (χ2v) is 8.43. The van der Waals surface area contributed by atoms with Gasteiger partial charge in [0.1, 0.15) is 11.4 Å². The highest BCUT2D eigenvalue weighted by Crippen LogP contribution is 2.31. The molecule has 1 aliphatic heterocycles. The van der Waals surface area contributed by atoms with Crippen molar-refractivity contribution in [1.29, 1.82) is 0 Å².